The first-order valence-corrected chi connectivity index (χ1v) is 16.4. The number of aliphatic hydroxyl groups excluding tert-OH is 2. The second-order valence-electron chi connectivity index (χ2n) is 13.5. The van der Waals surface area contributed by atoms with Gasteiger partial charge in [0.25, 0.3) is 0 Å². The molecule has 2 saturated carbocycles. The van der Waals surface area contributed by atoms with Crippen molar-refractivity contribution in [1.29, 1.82) is 0 Å². The average Bonchev–Trinajstić information content (AvgIpc) is 3.26. The Bertz CT molecular complexity index is 1000. The molecule has 2 fully saturated rings. The molecule has 1 aromatic heterocycles. The summed E-state index contributed by atoms with van der Waals surface area (Å²) < 4.78 is 0. The molecule has 3 aliphatic carbocycles. The van der Waals surface area contributed by atoms with Crippen molar-refractivity contribution >= 4 is 11.8 Å². The van der Waals surface area contributed by atoms with Gasteiger partial charge in [-0.1, -0.05) is 57.6 Å². The smallest absolute Gasteiger partial charge is 0.309 e. The Morgan fingerprint density at radius 3 is 2.66 bits per heavy atom. The van der Waals surface area contributed by atoms with Crippen LogP contribution in [-0.4, -0.2) is 49.2 Å². The zero-order valence-electron chi connectivity index (χ0n) is 25.0. The van der Waals surface area contributed by atoms with Crippen molar-refractivity contribution in [2.45, 2.75) is 127 Å². The van der Waals surface area contributed by atoms with Crippen molar-refractivity contribution in [3.63, 3.8) is 0 Å². The lowest BCUT2D eigenvalue weighted by Gasteiger charge is -2.43. The maximum atomic E-state index is 12.2. The number of aliphatic carboxylic acids is 1. The highest BCUT2D eigenvalue weighted by atomic mass is 16.4. The predicted molar refractivity (Wildman–Crippen MR) is 162 cm³/mol. The van der Waals surface area contributed by atoms with Crippen LogP contribution in [0, 0.1) is 35.5 Å². The van der Waals surface area contributed by atoms with E-state index >= 15 is 0 Å². The molecule has 0 aromatic carbocycles. The van der Waals surface area contributed by atoms with Crippen molar-refractivity contribution in [3.05, 3.63) is 36.0 Å². The predicted octanol–water partition coefficient (Wildman–Crippen LogP) is 5.91. The number of pyridine rings is 1. The van der Waals surface area contributed by atoms with Gasteiger partial charge in [-0.25, -0.2) is 4.98 Å². The van der Waals surface area contributed by atoms with Crippen LogP contribution in [0.5, 0.6) is 0 Å². The van der Waals surface area contributed by atoms with Gasteiger partial charge in [-0.15, -0.1) is 0 Å². The first-order valence-electron chi connectivity index (χ1n) is 16.4. The van der Waals surface area contributed by atoms with E-state index < -0.39 is 23.6 Å². The molecule has 0 bridgehead atoms. The van der Waals surface area contributed by atoms with Crippen LogP contribution in [0.4, 0.5) is 5.82 Å². The topological polar surface area (TPSA) is 137 Å². The van der Waals surface area contributed by atoms with Crippen LogP contribution in [0.15, 0.2) is 30.5 Å². The molecule has 0 aliphatic heterocycles. The molecule has 7 heteroatoms. The number of aliphatic hydroxyl groups is 3. The lowest BCUT2D eigenvalue weighted by molar-refractivity contribution is -0.151. The number of nitrogens with zero attached hydrogens (tertiary/aromatic N) is 1. The summed E-state index contributed by atoms with van der Waals surface area (Å²) in [7, 11) is 0. The van der Waals surface area contributed by atoms with Crippen molar-refractivity contribution in [2.75, 3.05) is 5.73 Å². The van der Waals surface area contributed by atoms with Gasteiger partial charge in [-0.3, -0.25) is 4.79 Å². The third-order valence-electron chi connectivity index (χ3n) is 10.6. The van der Waals surface area contributed by atoms with Crippen LogP contribution < -0.4 is 5.73 Å². The summed E-state index contributed by atoms with van der Waals surface area (Å²) >= 11 is 0. The number of hydrogen-bond donors (Lipinski definition) is 5. The summed E-state index contributed by atoms with van der Waals surface area (Å²) in [5.41, 5.74) is 6.16. The van der Waals surface area contributed by atoms with Crippen LogP contribution in [0.25, 0.3) is 0 Å². The van der Waals surface area contributed by atoms with E-state index in [-0.39, 0.29) is 23.9 Å². The fourth-order valence-electron chi connectivity index (χ4n) is 8.27. The molecule has 4 rings (SSSR count). The van der Waals surface area contributed by atoms with E-state index in [4.69, 9.17) is 5.73 Å². The molecule has 0 radical (unpaired) electrons. The molecule has 6 N–H and O–H groups in total. The van der Waals surface area contributed by atoms with Gasteiger partial charge >= 0.3 is 5.97 Å². The van der Waals surface area contributed by atoms with Gasteiger partial charge in [0.15, 0.2) is 0 Å². The highest BCUT2D eigenvalue weighted by Gasteiger charge is 2.52. The van der Waals surface area contributed by atoms with Crippen LogP contribution in [0.1, 0.15) is 109 Å². The van der Waals surface area contributed by atoms with Crippen molar-refractivity contribution < 1.29 is 25.2 Å². The Kier molecular flexibility index (Phi) is 11.7. The van der Waals surface area contributed by atoms with Crippen molar-refractivity contribution in [1.82, 2.24) is 4.98 Å². The van der Waals surface area contributed by atoms with Crippen LogP contribution in [0.3, 0.4) is 0 Å². The molecule has 0 amide bonds. The molecule has 9 unspecified atom stereocenters. The number of carbonyl (C=O) groups is 1. The number of aromatic nitrogens is 1. The Morgan fingerprint density at radius 2 is 1.93 bits per heavy atom. The summed E-state index contributed by atoms with van der Waals surface area (Å²) in [6, 6.07) is 3.89. The monoisotopic (exact) mass is 570 g/mol. The Balaban J connectivity index is 1.21. The lowest BCUT2D eigenvalue weighted by Crippen LogP contribution is -2.47. The van der Waals surface area contributed by atoms with Gasteiger partial charge < -0.3 is 26.2 Å². The number of allylic oxidation sites excluding steroid dienone is 1. The van der Waals surface area contributed by atoms with E-state index in [1.54, 1.807) is 6.20 Å². The summed E-state index contributed by atoms with van der Waals surface area (Å²) in [4.78, 5) is 16.3. The molecular weight excluding hydrogens is 516 g/mol. The average molecular weight is 571 g/mol. The molecular formula is C34H54N2O5. The summed E-state index contributed by atoms with van der Waals surface area (Å²) in [6.07, 6.45) is 19.2. The van der Waals surface area contributed by atoms with E-state index in [1.807, 2.05) is 12.1 Å². The molecule has 7 nitrogen and oxygen atoms in total. The number of hydrogen-bond acceptors (Lipinski definition) is 6. The molecule has 3 aliphatic rings. The second-order valence-corrected chi connectivity index (χ2v) is 13.5. The Morgan fingerprint density at radius 1 is 1.12 bits per heavy atom. The minimum atomic E-state index is -0.940. The summed E-state index contributed by atoms with van der Waals surface area (Å²) in [5.74, 6) is -0.210. The number of unbranched alkanes of at least 4 members (excludes halogenated alkanes) is 4. The van der Waals surface area contributed by atoms with Gasteiger partial charge in [0.2, 0.25) is 0 Å². The fraction of sp³-hybridized carbons (Fsp3) is 0.765. The zero-order chi connectivity index (χ0) is 29.4. The van der Waals surface area contributed by atoms with Gasteiger partial charge in [-0.2, -0.15) is 0 Å². The molecule has 230 valence electrons. The van der Waals surface area contributed by atoms with Gasteiger partial charge in [0, 0.05) is 12.1 Å². The minimum Gasteiger partial charge on any atom is -0.481 e. The second kappa shape index (κ2) is 15.0. The minimum absolute atomic E-state index is 0.166. The number of rotatable bonds is 15. The lowest BCUT2D eigenvalue weighted by atomic mass is 9.66. The normalized spacial score (nSPS) is 32.9. The first kappa shape index (κ1) is 32.0. The van der Waals surface area contributed by atoms with E-state index in [1.165, 1.54) is 19.3 Å². The summed E-state index contributed by atoms with van der Waals surface area (Å²) in [6.45, 7) is 2.21. The molecule has 41 heavy (non-hydrogen) atoms. The van der Waals surface area contributed by atoms with Crippen molar-refractivity contribution in [3.8, 4) is 0 Å². The largest absolute Gasteiger partial charge is 0.481 e. The fourth-order valence-corrected chi connectivity index (χ4v) is 8.27. The van der Waals surface area contributed by atoms with E-state index in [0.717, 1.165) is 69.8 Å². The van der Waals surface area contributed by atoms with Crippen LogP contribution in [0.2, 0.25) is 0 Å². The third kappa shape index (κ3) is 8.55. The van der Waals surface area contributed by atoms with Crippen molar-refractivity contribution in [2.24, 2.45) is 35.5 Å². The van der Waals surface area contributed by atoms with Crippen LogP contribution >= 0.6 is 0 Å². The quantitative estimate of drug-likeness (QED) is 0.131. The van der Waals surface area contributed by atoms with Gasteiger partial charge in [0.05, 0.1) is 23.7 Å². The number of nitrogen functional groups attached to an aromatic ring is 1. The Hall–Kier alpha value is -1.96. The first-order chi connectivity index (χ1) is 19.7. The molecule has 0 saturated heterocycles. The highest BCUT2D eigenvalue weighted by Crippen LogP contribution is 2.52. The van der Waals surface area contributed by atoms with E-state index in [9.17, 15) is 25.2 Å². The van der Waals surface area contributed by atoms with E-state index in [0.29, 0.717) is 36.9 Å². The number of nitrogens with two attached hydrogens (primary N) is 1. The maximum Gasteiger partial charge on any atom is 0.309 e. The molecule has 1 aromatic rings. The van der Waals surface area contributed by atoms with Gasteiger partial charge in [0.1, 0.15) is 5.82 Å². The van der Waals surface area contributed by atoms with E-state index in [2.05, 4.69) is 24.1 Å². The maximum absolute atomic E-state index is 12.2. The molecule has 1 heterocycles. The van der Waals surface area contributed by atoms with Gasteiger partial charge in [-0.05, 0) is 106 Å². The number of fused-ring (bicyclic) bond motifs is 1. The SMILES string of the molecule is CCCCCC1C=CC(CCCCCC(C(=O)O)C(O)C2CCC3C(Cc4ccnc(N)c4)CCC3(O)C2)C(O)C1. The number of anilines is 1. The standard InChI is InChI=1S/C34H54N2O5/c1-2-3-5-8-23-11-12-25(30(37)20-23)9-6-4-7-10-28(33(39)40)32(38)27-13-14-29-26(15-17-34(29,41)22-27)19-24-16-18-36-31(35)21-24/h11-12,16,18,21,23,25-30,32,37-38,41H,2-10,13-15,17,19-20,22H2,1H3,(H2,35,36)(H,39,40). The molecule has 9 atom stereocenters. The number of carboxylic acid groups (broad SMARTS) is 1. The molecule has 0 spiro atoms. The summed E-state index contributed by atoms with van der Waals surface area (Å²) in [5, 5.41) is 43.4. The Labute approximate surface area is 246 Å². The highest BCUT2D eigenvalue weighted by molar-refractivity contribution is 5.70. The third-order valence-corrected chi connectivity index (χ3v) is 10.6. The van der Waals surface area contributed by atoms with Crippen LogP contribution in [-0.2, 0) is 11.2 Å². The zero-order valence-corrected chi connectivity index (χ0v) is 25.0. The number of carboxylic acids is 1.